The van der Waals surface area contributed by atoms with E-state index in [-0.39, 0.29) is 0 Å². The lowest BCUT2D eigenvalue weighted by atomic mass is 10.1. The van der Waals surface area contributed by atoms with E-state index in [4.69, 9.17) is 10.3 Å². The summed E-state index contributed by atoms with van der Waals surface area (Å²) in [6.45, 7) is 8.92. The van der Waals surface area contributed by atoms with Crippen molar-refractivity contribution in [3.63, 3.8) is 0 Å². The molecule has 1 atom stereocenters. The summed E-state index contributed by atoms with van der Waals surface area (Å²) in [7, 11) is 0. The largest absolute Gasteiger partial charge is 0.469 e. The Morgan fingerprint density at radius 1 is 1.36 bits per heavy atom. The number of urea groups is 1. The van der Waals surface area contributed by atoms with E-state index < -0.39 is 22.7 Å². The highest BCUT2D eigenvalue weighted by Crippen LogP contribution is 2.26. The van der Waals surface area contributed by atoms with Crippen LogP contribution in [-0.2, 0) is 4.79 Å². The summed E-state index contributed by atoms with van der Waals surface area (Å²) >= 11 is 1.10. The molecule has 0 radical (unpaired) electrons. The minimum atomic E-state index is -0.587. The van der Waals surface area contributed by atoms with E-state index in [1.54, 1.807) is 19.9 Å². The standard InChI is InChI=1S/C15H22N6O3S/c1-8-10(6-7-24-8)11-19-20-14(21(11)16)25-9(2)12(22)17-13(23)18-15(3,4)5/h6-7,9H,16H2,1-5H3,(H2,17,18,22,23). The van der Waals surface area contributed by atoms with Crippen LogP contribution in [0.2, 0.25) is 0 Å². The molecule has 136 valence electrons. The molecule has 0 saturated heterocycles. The molecule has 0 aliphatic rings. The van der Waals surface area contributed by atoms with E-state index >= 15 is 0 Å². The molecule has 0 aliphatic heterocycles. The molecule has 2 heterocycles. The molecule has 9 nitrogen and oxygen atoms in total. The van der Waals surface area contributed by atoms with Crippen molar-refractivity contribution >= 4 is 23.7 Å². The number of furan rings is 1. The number of nitrogen functional groups attached to an aromatic ring is 1. The van der Waals surface area contributed by atoms with E-state index in [0.29, 0.717) is 16.7 Å². The highest BCUT2D eigenvalue weighted by molar-refractivity contribution is 8.00. The molecule has 0 spiro atoms. The maximum absolute atomic E-state index is 12.1. The number of hydrogen-bond acceptors (Lipinski definition) is 7. The number of aromatic nitrogens is 3. The van der Waals surface area contributed by atoms with Crippen LogP contribution in [0.5, 0.6) is 0 Å². The van der Waals surface area contributed by atoms with Gasteiger partial charge in [-0.05, 0) is 40.7 Å². The normalized spacial score (nSPS) is 12.7. The number of nitrogens with zero attached hydrogens (tertiary/aromatic N) is 3. The van der Waals surface area contributed by atoms with Gasteiger partial charge in [0.2, 0.25) is 11.1 Å². The van der Waals surface area contributed by atoms with Gasteiger partial charge in [0.05, 0.1) is 17.1 Å². The first-order valence-corrected chi connectivity index (χ1v) is 8.51. The molecule has 1 unspecified atom stereocenters. The fraction of sp³-hybridized carbons (Fsp3) is 0.467. The van der Waals surface area contributed by atoms with Gasteiger partial charge in [-0.15, -0.1) is 10.2 Å². The summed E-state index contributed by atoms with van der Waals surface area (Å²) in [6.07, 6.45) is 1.54. The van der Waals surface area contributed by atoms with Crippen molar-refractivity contribution in [1.29, 1.82) is 0 Å². The van der Waals surface area contributed by atoms with Gasteiger partial charge in [-0.1, -0.05) is 11.8 Å². The number of amides is 3. The zero-order chi connectivity index (χ0) is 18.8. The molecule has 0 saturated carbocycles. The summed E-state index contributed by atoms with van der Waals surface area (Å²) in [5.41, 5.74) is 0.290. The summed E-state index contributed by atoms with van der Waals surface area (Å²) < 4.78 is 6.53. The average Bonchev–Trinajstić information content (AvgIpc) is 3.03. The Hall–Kier alpha value is -2.49. The second kappa shape index (κ2) is 7.18. The zero-order valence-corrected chi connectivity index (χ0v) is 15.6. The Morgan fingerprint density at radius 2 is 2.04 bits per heavy atom. The van der Waals surface area contributed by atoms with Gasteiger partial charge in [0, 0.05) is 5.54 Å². The fourth-order valence-electron chi connectivity index (χ4n) is 1.96. The minimum Gasteiger partial charge on any atom is -0.469 e. The average molecular weight is 366 g/mol. The number of carbonyl (C=O) groups is 2. The molecule has 0 aromatic carbocycles. The van der Waals surface area contributed by atoms with Crippen molar-refractivity contribution in [1.82, 2.24) is 25.5 Å². The van der Waals surface area contributed by atoms with Gasteiger partial charge in [-0.2, -0.15) is 0 Å². The van der Waals surface area contributed by atoms with Gasteiger partial charge in [-0.25, -0.2) is 9.47 Å². The molecule has 3 amide bonds. The van der Waals surface area contributed by atoms with Crippen LogP contribution in [0.4, 0.5) is 4.79 Å². The highest BCUT2D eigenvalue weighted by atomic mass is 32.2. The molecule has 2 aromatic heterocycles. The number of hydrogen-bond donors (Lipinski definition) is 3. The monoisotopic (exact) mass is 366 g/mol. The van der Waals surface area contributed by atoms with E-state index in [0.717, 1.165) is 17.3 Å². The van der Waals surface area contributed by atoms with Crippen LogP contribution in [0.25, 0.3) is 11.4 Å². The van der Waals surface area contributed by atoms with Gasteiger partial charge in [-0.3, -0.25) is 10.1 Å². The van der Waals surface area contributed by atoms with Gasteiger partial charge in [0.1, 0.15) is 5.76 Å². The minimum absolute atomic E-state index is 0.356. The summed E-state index contributed by atoms with van der Waals surface area (Å²) in [5.74, 6) is 6.67. The van der Waals surface area contributed by atoms with E-state index in [1.165, 1.54) is 10.9 Å². The quantitative estimate of drug-likeness (QED) is 0.554. The van der Waals surface area contributed by atoms with E-state index in [1.807, 2.05) is 20.8 Å². The molecular formula is C15H22N6O3S. The van der Waals surface area contributed by atoms with Crippen LogP contribution < -0.4 is 16.5 Å². The van der Waals surface area contributed by atoms with Crippen LogP contribution >= 0.6 is 11.8 Å². The van der Waals surface area contributed by atoms with Crippen LogP contribution in [0.1, 0.15) is 33.5 Å². The molecular weight excluding hydrogens is 344 g/mol. The molecule has 25 heavy (non-hydrogen) atoms. The second-order valence-corrected chi connectivity index (χ2v) is 7.83. The number of nitrogens with two attached hydrogens (primary N) is 1. The number of carbonyl (C=O) groups excluding carboxylic acids is 2. The van der Waals surface area contributed by atoms with E-state index in [2.05, 4.69) is 20.8 Å². The third kappa shape index (κ3) is 4.75. The summed E-state index contributed by atoms with van der Waals surface area (Å²) in [4.78, 5) is 23.9. The Balaban J connectivity index is 2.02. The van der Waals surface area contributed by atoms with Gasteiger partial charge < -0.3 is 15.6 Å². The number of thioether (sulfide) groups is 1. The highest BCUT2D eigenvalue weighted by Gasteiger charge is 2.23. The topological polar surface area (TPSA) is 128 Å². The number of rotatable bonds is 4. The van der Waals surface area contributed by atoms with Gasteiger partial charge in [0.15, 0.2) is 5.82 Å². The van der Waals surface area contributed by atoms with Crippen molar-refractivity contribution in [2.24, 2.45) is 0 Å². The number of nitrogens with one attached hydrogen (secondary N) is 2. The lowest BCUT2D eigenvalue weighted by Crippen LogP contribution is -2.49. The summed E-state index contributed by atoms with van der Waals surface area (Å²) in [6, 6.07) is 1.19. The van der Waals surface area contributed by atoms with Crippen LogP contribution in [0.15, 0.2) is 21.9 Å². The van der Waals surface area contributed by atoms with Crippen molar-refractivity contribution in [2.75, 3.05) is 5.84 Å². The third-order valence-corrected chi connectivity index (χ3v) is 4.20. The van der Waals surface area contributed by atoms with Crippen LogP contribution in [-0.4, -0.2) is 37.6 Å². The van der Waals surface area contributed by atoms with Crippen molar-refractivity contribution in [3.8, 4) is 11.4 Å². The molecule has 0 aliphatic carbocycles. The Morgan fingerprint density at radius 3 is 2.60 bits per heavy atom. The molecule has 4 N–H and O–H groups in total. The van der Waals surface area contributed by atoms with Crippen LogP contribution in [0, 0.1) is 6.92 Å². The Bertz CT molecular complexity index is 777. The van der Waals surface area contributed by atoms with E-state index in [9.17, 15) is 9.59 Å². The van der Waals surface area contributed by atoms with Crippen LogP contribution in [0.3, 0.4) is 0 Å². The third-order valence-electron chi connectivity index (χ3n) is 3.14. The molecule has 10 heteroatoms. The van der Waals surface area contributed by atoms with Gasteiger partial charge in [0.25, 0.3) is 0 Å². The van der Waals surface area contributed by atoms with Gasteiger partial charge >= 0.3 is 6.03 Å². The lowest BCUT2D eigenvalue weighted by molar-refractivity contribution is -0.119. The Kier molecular flexibility index (Phi) is 5.41. The predicted octanol–water partition coefficient (Wildman–Crippen LogP) is 1.67. The van der Waals surface area contributed by atoms with Crippen molar-refractivity contribution in [3.05, 3.63) is 18.1 Å². The molecule has 0 bridgehead atoms. The smallest absolute Gasteiger partial charge is 0.321 e. The predicted molar refractivity (Wildman–Crippen MR) is 94.4 cm³/mol. The summed E-state index contributed by atoms with van der Waals surface area (Å²) in [5, 5.41) is 12.8. The Labute approximate surface area is 149 Å². The number of imide groups is 1. The first-order chi connectivity index (χ1) is 11.6. The molecule has 2 aromatic rings. The maximum atomic E-state index is 12.1. The molecule has 2 rings (SSSR count). The number of aryl methyl sites for hydroxylation is 1. The fourth-order valence-corrected chi connectivity index (χ4v) is 2.73. The van der Waals surface area contributed by atoms with Crippen molar-refractivity contribution < 1.29 is 14.0 Å². The lowest BCUT2D eigenvalue weighted by Gasteiger charge is -2.21. The molecule has 0 fully saturated rings. The first-order valence-electron chi connectivity index (χ1n) is 7.63. The zero-order valence-electron chi connectivity index (χ0n) is 14.8. The maximum Gasteiger partial charge on any atom is 0.321 e. The first kappa shape index (κ1) is 18.8. The SMILES string of the molecule is Cc1occc1-c1nnc(SC(C)C(=O)NC(=O)NC(C)(C)C)n1N. The second-order valence-electron chi connectivity index (χ2n) is 6.52. The van der Waals surface area contributed by atoms with Crippen molar-refractivity contribution in [2.45, 2.75) is 50.6 Å².